The van der Waals surface area contributed by atoms with Crippen LogP contribution in [0.15, 0.2) is 67.1 Å². The van der Waals surface area contributed by atoms with Gasteiger partial charge in [-0.25, -0.2) is 19.7 Å². The summed E-state index contributed by atoms with van der Waals surface area (Å²) in [6, 6.07) is 15.3. The van der Waals surface area contributed by atoms with E-state index in [1.807, 2.05) is 75.9 Å². The number of nitrogens with one attached hydrogen (secondary N) is 3. The minimum atomic E-state index is -0.827. The Balaban J connectivity index is 0.000000809. The maximum atomic E-state index is 12.9. The first kappa shape index (κ1) is 51.1. The second kappa shape index (κ2) is 24.6. The summed E-state index contributed by atoms with van der Waals surface area (Å²) in [5.74, 6) is 0.426. The molecule has 0 saturated heterocycles. The van der Waals surface area contributed by atoms with Crippen LogP contribution >= 0.6 is 24.0 Å². The molecule has 0 bridgehead atoms. The topological polar surface area (TPSA) is 207 Å². The molecular formula is C48H64N10O6S2. The van der Waals surface area contributed by atoms with Gasteiger partial charge in [0.1, 0.15) is 12.1 Å². The number of likely N-dealkylation sites (N-methyl/N-ethyl adjacent to an activating group) is 1. The number of aromatic nitrogens is 4. The van der Waals surface area contributed by atoms with Crippen molar-refractivity contribution in [3.63, 3.8) is 0 Å². The van der Waals surface area contributed by atoms with E-state index in [4.69, 9.17) is 15.2 Å². The molecule has 1 atom stereocenters. The quantitative estimate of drug-likeness (QED) is 0.0419. The minimum absolute atomic E-state index is 0.0381. The van der Waals surface area contributed by atoms with E-state index in [0.717, 1.165) is 65.6 Å². The van der Waals surface area contributed by atoms with Crippen molar-refractivity contribution in [2.45, 2.75) is 97.5 Å². The molecule has 5 N–H and O–H groups in total. The Morgan fingerprint density at radius 2 is 1.58 bits per heavy atom. The van der Waals surface area contributed by atoms with Crippen molar-refractivity contribution in [2.75, 3.05) is 55.9 Å². The van der Waals surface area contributed by atoms with Gasteiger partial charge in [-0.1, -0.05) is 74.4 Å². The highest BCUT2D eigenvalue weighted by molar-refractivity contribution is 7.79. The molecule has 2 aromatic carbocycles. The zero-order valence-corrected chi connectivity index (χ0v) is 40.8. The van der Waals surface area contributed by atoms with Crippen LogP contribution in [0.4, 0.5) is 21.6 Å². The molecule has 3 aromatic heterocycles. The van der Waals surface area contributed by atoms with Crippen molar-refractivity contribution >= 4 is 74.8 Å². The molecule has 66 heavy (non-hydrogen) atoms. The molecular weight excluding hydrogens is 877 g/mol. The van der Waals surface area contributed by atoms with Gasteiger partial charge < -0.3 is 30.7 Å². The van der Waals surface area contributed by atoms with Gasteiger partial charge in [-0.3, -0.25) is 29.6 Å². The van der Waals surface area contributed by atoms with Gasteiger partial charge in [0.2, 0.25) is 17.8 Å². The molecule has 6 rings (SSSR count). The lowest BCUT2D eigenvalue weighted by atomic mass is 9.86. The lowest BCUT2D eigenvalue weighted by molar-refractivity contribution is -0.130. The van der Waals surface area contributed by atoms with Crippen molar-refractivity contribution in [1.29, 1.82) is 0 Å². The Bertz CT molecular complexity index is 2380. The summed E-state index contributed by atoms with van der Waals surface area (Å²) < 4.78 is 12.1. The number of primary amides is 1. The number of carbonyl (C=O) groups excluding carboxylic acids is 4. The number of carbonyl (C=O) groups is 4. The van der Waals surface area contributed by atoms with Crippen LogP contribution in [0.2, 0.25) is 0 Å². The number of pyridine rings is 1. The fourth-order valence-electron chi connectivity index (χ4n) is 7.10. The molecule has 3 heterocycles. The number of nitrogens with zero attached hydrogens (tertiary/aromatic N) is 6. The van der Waals surface area contributed by atoms with Crippen molar-refractivity contribution in [1.82, 2.24) is 30.2 Å². The first-order valence-corrected chi connectivity index (χ1v) is 23.7. The number of thiazole rings is 1. The predicted molar refractivity (Wildman–Crippen MR) is 265 cm³/mol. The second-order valence-electron chi connectivity index (χ2n) is 17.7. The highest BCUT2D eigenvalue weighted by Crippen LogP contribution is 2.32. The molecule has 5 aromatic rings. The van der Waals surface area contributed by atoms with Gasteiger partial charge in [-0.2, -0.15) is 12.6 Å². The maximum absolute atomic E-state index is 12.9. The number of benzene rings is 2. The van der Waals surface area contributed by atoms with Crippen LogP contribution < -0.4 is 31.3 Å². The average Bonchev–Trinajstić information content (AvgIpc) is 3.69. The number of anilines is 3. The van der Waals surface area contributed by atoms with Crippen molar-refractivity contribution < 1.29 is 28.7 Å². The monoisotopic (exact) mass is 940 g/mol. The Morgan fingerprint density at radius 1 is 0.879 bits per heavy atom. The molecule has 0 radical (unpaired) electrons. The molecule has 18 heteroatoms. The van der Waals surface area contributed by atoms with Crippen LogP contribution in [0.3, 0.4) is 0 Å². The first-order valence-electron chi connectivity index (χ1n) is 22.2. The Hall–Kier alpha value is -5.85. The maximum Gasteiger partial charge on any atom is 0.411 e. The van der Waals surface area contributed by atoms with Gasteiger partial charge in [0.25, 0.3) is 5.91 Å². The van der Waals surface area contributed by atoms with Gasteiger partial charge in [-0.05, 0) is 101 Å². The molecule has 354 valence electrons. The molecule has 1 saturated carbocycles. The predicted octanol–water partition coefficient (Wildman–Crippen LogP) is 7.94. The molecule has 4 amide bonds. The minimum Gasteiger partial charge on any atom is -0.481 e. The standard InChI is InChI=1S/C40H54N10O6S.C8H10S/c1-25-31(46-39(54)56-28-12-8-7-9-13-28)18-27(20-42-25)26-14-15-30-32(19-26)57-38(45-30)48-33(51)23-49(5)16-10-11-17-50(6)37-43-21-29(22-44-37)55-24-34(52)47-35(36(41)53)40(2,3)4;1-7-2-4-8(6-9)5-3-7/h14-15,18-22,28,35H,7-13,16-17,23-24H2,1-6H3,(H2,41,53)(H,46,54)(H,47,52)(H,45,48,51);2-5,9H,6H2,1H3. The third-order valence-corrected chi connectivity index (χ3v) is 12.2. The summed E-state index contributed by atoms with van der Waals surface area (Å²) in [4.78, 5) is 71.2. The number of fused-ring (bicyclic) bond motifs is 1. The third-order valence-electron chi connectivity index (χ3n) is 10.9. The number of rotatable bonds is 18. The second-order valence-corrected chi connectivity index (χ2v) is 19.0. The number of amides is 4. The van der Waals surface area contributed by atoms with Crippen LogP contribution in [0.5, 0.6) is 5.75 Å². The fourth-order valence-corrected chi connectivity index (χ4v) is 8.24. The highest BCUT2D eigenvalue weighted by atomic mass is 32.1. The van der Waals surface area contributed by atoms with Crippen LogP contribution in [-0.4, -0.2) is 101 Å². The number of hydrogen-bond donors (Lipinski definition) is 5. The van der Waals surface area contributed by atoms with Crippen LogP contribution in [0.1, 0.15) is 82.5 Å². The van der Waals surface area contributed by atoms with E-state index < -0.39 is 29.4 Å². The largest absolute Gasteiger partial charge is 0.481 e. The molecule has 1 fully saturated rings. The zero-order chi connectivity index (χ0) is 47.8. The SMILES string of the molecule is Cc1ccc(CS)cc1.Cc1ncc(-c2ccc3nc(NC(=O)CN(C)CCCCN(C)c4ncc(OCC(=O)NC(C(N)=O)C(C)(C)C)cn4)sc3c2)cc1NC(=O)OC1CCCCC1. The van der Waals surface area contributed by atoms with Crippen LogP contribution in [0, 0.1) is 19.3 Å². The smallest absolute Gasteiger partial charge is 0.411 e. The molecule has 1 aliphatic rings. The summed E-state index contributed by atoms with van der Waals surface area (Å²) in [5.41, 5.74) is 11.3. The number of nitrogens with two attached hydrogens (primary N) is 1. The average molecular weight is 941 g/mol. The van der Waals surface area contributed by atoms with Crippen molar-refractivity contribution in [2.24, 2.45) is 11.1 Å². The van der Waals surface area contributed by atoms with E-state index in [9.17, 15) is 19.2 Å². The van der Waals surface area contributed by atoms with E-state index in [2.05, 4.69) is 79.7 Å². The van der Waals surface area contributed by atoms with Crippen LogP contribution in [0.25, 0.3) is 21.3 Å². The van der Waals surface area contributed by atoms with Gasteiger partial charge in [0.05, 0.1) is 40.5 Å². The molecule has 16 nitrogen and oxygen atoms in total. The number of unbranched alkanes of at least 4 members (excludes halogenated alkanes) is 1. The fraction of sp³-hybridized carbons (Fsp3) is 0.458. The number of thiol groups is 1. The number of aryl methyl sites for hydroxylation is 2. The molecule has 1 unspecified atom stereocenters. The number of ether oxygens (including phenoxy) is 2. The lowest BCUT2D eigenvalue weighted by Gasteiger charge is -2.28. The summed E-state index contributed by atoms with van der Waals surface area (Å²) >= 11 is 5.54. The van der Waals surface area contributed by atoms with E-state index in [1.165, 1.54) is 41.3 Å². The Labute approximate surface area is 397 Å². The van der Waals surface area contributed by atoms with Gasteiger partial charge in [0, 0.05) is 31.1 Å². The van der Waals surface area contributed by atoms with Crippen molar-refractivity contribution in [3.05, 3.63) is 83.9 Å². The summed E-state index contributed by atoms with van der Waals surface area (Å²) in [7, 11) is 3.79. The first-order chi connectivity index (χ1) is 31.5. The molecule has 0 spiro atoms. The summed E-state index contributed by atoms with van der Waals surface area (Å²) in [6.45, 7) is 10.7. The van der Waals surface area contributed by atoms with Crippen LogP contribution in [-0.2, 0) is 24.9 Å². The third kappa shape index (κ3) is 16.2. The van der Waals surface area contributed by atoms with E-state index in [-0.39, 0.29) is 25.2 Å². The van der Waals surface area contributed by atoms with Crippen molar-refractivity contribution in [3.8, 4) is 16.9 Å². The molecule has 1 aliphatic carbocycles. The van der Waals surface area contributed by atoms with E-state index in [0.29, 0.717) is 41.3 Å². The summed E-state index contributed by atoms with van der Waals surface area (Å²) in [6.07, 6.45) is 11.1. The summed E-state index contributed by atoms with van der Waals surface area (Å²) in [5, 5.41) is 8.95. The Morgan fingerprint density at radius 3 is 2.24 bits per heavy atom. The van der Waals surface area contributed by atoms with Gasteiger partial charge in [0.15, 0.2) is 17.5 Å². The van der Waals surface area contributed by atoms with E-state index >= 15 is 0 Å². The van der Waals surface area contributed by atoms with Gasteiger partial charge in [-0.15, -0.1) is 0 Å². The zero-order valence-electron chi connectivity index (χ0n) is 39.1. The lowest BCUT2D eigenvalue weighted by Crippen LogP contribution is -2.53. The van der Waals surface area contributed by atoms with E-state index in [1.54, 1.807) is 6.20 Å². The molecule has 0 aliphatic heterocycles. The highest BCUT2D eigenvalue weighted by Gasteiger charge is 2.31. The number of hydrogen-bond acceptors (Lipinski definition) is 14. The van der Waals surface area contributed by atoms with Gasteiger partial charge >= 0.3 is 6.09 Å². The normalized spacial score (nSPS) is 13.3. The Kier molecular flexibility index (Phi) is 19.1.